The van der Waals surface area contributed by atoms with Crippen LogP contribution >= 0.6 is 0 Å². The molecular weight excluding hydrogens is 168 g/mol. The number of likely N-dealkylation sites (tertiary alicyclic amines) is 1. The molecule has 1 amide bonds. The number of carbonyl (C=O) groups is 1. The van der Waals surface area contributed by atoms with Crippen molar-refractivity contribution >= 4 is 5.91 Å². The molecule has 0 aromatic rings. The van der Waals surface area contributed by atoms with E-state index in [1.54, 1.807) is 7.11 Å². The second-order valence-electron chi connectivity index (χ2n) is 3.35. The zero-order valence-electron chi connectivity index (χ0n) is 8.16. The summed E-state index contributed by atoms with van der Waals surface area (Å²) in [5.41, 5.74) is 5.48. The molecule has 4 heteroatoms. The molecule has 1 rings (SSSR count). The minimum absolute atomic E-state index is 0.246. The Morgan fingerprint density at radius 1 is 1.69 bits per heavy atom. The Balaban J connectivity index is 2.40. The molecule has 1 atom stereocenters. The number of nitrogens with zero attached hydrogens (tertiary/aromatic N) is 1. The predicted octanol–water partition coefficient (Wildman–Crippen LogP) is -0.0274. The van der Waals surface area contributed by atoms with E-state index in [1.807, 2.05) is 4.90 Å². The molecule has 1 heterocycles. The van der Waals surface area contributed by atoms with Gasteiger partial charge in [0.2, 0.25) is 5.91 Å². The van der Waals surface area contributed by atoms with Crippen LogP contribution in [-0.2, 0) is 9.53 Å². The highest BCUT2D eigenvalue weighted by atomic mass is 16.5. The largest absolute Gasteiger partial charge is 0.383 e. The molecule has 0 unspecified atom stereocenters. The van der Waals surface area contributed by atoms with Gasteiger partial charge in [-0.2, -0.15) is 0 Å². The molecule has 0 aromatic heterocycles. The van der Waals surface area contributed by atoms with Gasteiger partial charge in [-0.25, -0.2) is 0 Å². The summed E-state index contributed by atoms with van der Waals surface area (Å²) < 4.78 is 4.95. The molecule has 1 aliphatic heterocycles. The van der Waals surface area contributed by atoms with Crippen LogP contribution in [-0.4, -0.2) is 43.7 Å². The summed E-state index contributed by atoms with van der Waals surface area (Å²) in [7, 11) is 1.65. The van der Waals surface area contributed by atoms with Crippen molar-refractivity contribution < 1.29 is 9.53 Å². The van der Waals surface area contributed by atoms with E-state index in [0.717, 1.165) is 12.8 Å². The topological polar surface area (TPSA) is 55.6 Å². The van der Waals surface area contributed by atoms with Crippen molar-refractivity contribution in [3.8, 4) is 0 Å². The molecule has 0 aliphatic carbocycles. The fourth-order valence-electron chi connectivity index (χ4n) is 1.78. The van der Waals surface area contributed by atoms with Gasteiger partial charge in [0, 0.05) is 26.1 Å². The molecule has 76 valence electrons. The molecule has 0 aromatic carbocycles. The van der Waals surface area contributed by atoms with E-state index in [9.17, 15) is 4.79 Å². The fourth-order valence-corrected chi connectivity index (χ4v) is 1.78. The van der Waals surface area contributed by atoms with Crippen LogP contribution in [0.25, 0.3) is 0 Å². The lowest BCUT2D eigenvalue weighted by molar-refractivity contribution is -0.129. The zero-order valence-corrected chi connectivity index (χ0v) is 8.16. The number of methoxy groups -OCH3 is 1. The molecule has 0 spiro atoms. The van der Waals surface area contributed by atoms with Gasteiger partial charge in [-0.05, 0) is 19.4 Å². The van der Waals surface area contributed by atoms with Crippen molar-refractivity contribution in [3.05, 3.63) is 0 Å². The molecule has 0 radical (unpaired) electrons. The lowest BCUT2D eigenvalue weighted by Gasteiger charge is -2.23. The summed E-state index contributed by atoms with van der Waals surface area (Å²) in [6.45, 7) is 1.98. The SMILES string of the molecule is COCCN1C(=O)CC[C@H]1CCN. The highest BCUT2D eigenvalue weighted by Gasteiger charge is 2.29. The Labute approximate surface area is 79.0 Å². The van der Waals surface area contributed by atoms with Crippen LogP contribution in [0.15, 0.2) is 0 Å². The summed E-state index contributed by atoms with van der Waals surface area (Å²) in [6, 6.07) is 0.354. The van der Waals surface area contributed by atoms with Crippen LogP contribution < -0.4 is 5.73 Å². The van der Waals surface area contributed by atoms with Gasteiger partial charge in [-0.3, -0.25) is 4.79 Å². The van der Waals surface area contributed by atoms with Crippen molar-refractivity contribution in [2.75, 3.05) is 26.8 Å². The fraction of sp³-hybridized carbons (Fsp3) is 0.889. The third kappa shape index (κ3) is 2.67. The summed E-state index contributed by atoms with van der Waals surface area (Å²) in [6.07, 6.45) is 2.55. The van der Waals surface area contributed by atoms with Crippen molar-refractivity contribution in [1.82, 2.24) is 4.90 Å². The van der Waals surface area contributed by atoms with Crippen LogP contribution in [0.4, 0.5) is 0 Å². The first-order chi connectivity index (χ1) is 6.29. The number of ether oxygens (including phenoxy) is 1. The standard InChI is InChI=1S/C9H18N2O2/c1-13-7-6-11-8(4-5-10)2-3-9(11)12/h8H,2-7,10H2,1H3/t8-/m0/s1. The van der Waals surface area contributed by atoms with Gasteiger partial charge < -0.3 is 15.4 Å². The van der Waals surface area contributed by atoms with Gasteiger partial charge in [-0.15, -0.1) is 0 Å². The molecule has 0 bridgehead atoms. The number of hydrogen-bond acceptors (Lipinski definition) is 3. The molecule has 0 saturated carbocycles. The highest BCUT2D eigenvalue weighted by molar-refractivity contribution is 5.78. The van der Waals surface area contributed by atoms with Crippen LogP contribution in [0.5, 0.6) is 0 Å². The third-order valence-electron chi connectivity index (χ3n) is 2.49. The second-order valence-corrected chi connectivity index (χ2v) is 3.35. The maximum Gasteiger partial charge on any atom is 0.222 e. The third-order valence-corrected chi connectivity index (χ3v) is 2.49. The Bertz CT molecular complexity index is 173. The molecule has 1 fully saturated rings. The van der Waals surface area contributed by atoms with Crippen molar-refractivity contribution in [2.24, 2.45) is 5.73 Å². The first-order valence-corrected chi connectivity index (χ1v) is 4.78. The molecule has 4 nitrogen and oxygen atoms in total. The first kappa shape index (κ1) is 10.5. The van der Waals surface area contributed by atoms with Crippen LogP contribution in [0, 0.1) is 0 Å². The van der Waals surface area contributed by atoms with Gasteiger partial charge in [-0.1, -0.05) is 0 Å². The highest BCUT2D eigenvalue weighted by Crippen LogP contribution is 2.20. The van der Waals surface area contributed by atoms with Gasteiger partial charge >= 0.3 is 0 Å². The molecule has 1 saturated heterocycles. The number of hydrogen-bond donors (Lipinski definition) is 1. The van der Waals surface area contributed by atoms with Gasteiger partial charge in [0.15, 0.2) is 0 Å². The van der Waals surface area contributed by atoms with E-state index in [-0.39, 0.29) is 5.91 Å². The Morgan fingerprint density at radius 2 is 2.46 bits per heavy atom. The Hall–Kier alpha value is -0.610. The number of carbonyl (C=O) groups excluding carboxylic acids is 1. The van der Waals surface area contributed by atoms with E-state index in [2.05, 4.69) is 0 Å². The summed E-state index contributed by atoms with van der Waals surface area (Å²) in [5.74, 6) is 0.246. The molecule has 13 heavy (non-hydrogen) atoms. The quantitative estimate of drug-likeness (QED) is 0.656. The van der Waals surface area contributed by atoms with Crippen LogP contribution in [0.3, 0.4) is 0 Å². The Morgan fingerprint density at radius 3 is 3.08 bits per heavy atom. The number of nitrogens with two attached hydrogens (primary N) is 1. The molecular formula is C9H18N2O2. The predicted molar refractivity (Wildman–Crippen MR) is 50.3 cm³/mol. The van der Waals surface area contributed by atoms with E-state index in [0.29, 0.717) is 32.2 Å². The van der Waals surface area contributed by atoms with Crippen molar-refractivity contribution in [2.45, 2.75) is 25.3 Å². The van der Waals surface area contributed by atoms with E-state index in [4.69, 9.17) is 10.5 Å². The lowest BCUT2D eigenvalue weighted by Crippen LogP contribution is -2.36. The summed E-state index contributed by atoms with van der Waals surface area (Å²) in [4.78, 5) is 13.3. The molecule has 1 aliphatic rings. The minimum atomic E-state index is 0.246. The first-order valence-electron chi connectivity index (χ1n) is 4.78. The number of amides is 1. The van der Waals surface area contributed by atoms with Crippen molar-refractivity contribution in [3.63, 3.8) is 0 Å². The zero-order chi connectivity index (χ0) is 9.68. The van der Waals surface area contributed by atoms with Gasteiger partial charge in [0.1, 0.15) is 0 Å². The average Bonchev–Trinajstić information content (AvgIpc) is 2.45. The second kappa shape index (κ2) is 5.19. The Kier molecular flexibility index (Phi) is 4.18. The van der Waals surface area contributed by atoms with E-state index in [1.165, 1.54) is 0 Å². The van der Waals surface area contributed by atoms with Gasteiger partial charge in [0.25, 0.3) is 0 Å². The maximum absolute atomic E-state index is 11.4. The van der Waals surface area contributed by atoms with E-state index < -0.39 is 0 Å². The minimum Gasteiger partial charge on any atom is -0.383 e. The monoisotopic (exact) mass is 186 g/mol. The molecule has 2 N–H and O–H groups in total. The summed E-state index contributed by atoms with van der Waals surface area (Å²) >= 11 is 0. The lowest BCUT2D eigenvalue weighted by atomic mass is 10.1. The van der Waals surface area contributed by atoms with Gasteiger partial charge in [0.05, 0.1) is 6.61 Å². The summed E-state index contributed by atoms with van der Waals surface area (Å²) in [5, 5.41) is 0. The van der Waals surface area contributed by atoms with Crippen LogP contribution in [0.1, 0.15) is 19.3 Å². The average molecular weight is 186 g/mol. The number of rotatable bonds is 5. The van der Waals surface area contributed by atoms with E-state index >= 15 is 0 Å². The van der Waals surface area contributed by atoms with Crippen LogP contribution in [0.2, 0.25) is 0 Å². The smallest absolute Gasteiger partial charge is 0.222 e. The van der Waals surface area contributed by atoms with Crippen molar-refractivity contribution in [1.29, 1.82) is 0 Å². The maximum atomic E-state index is 11.4. The normalized spacial score (nSPS) is 22.8.